The van der Waals surface area contributed by atoms with Crippen molar-refractivity contribution in [2.24, 2.45) is 4.99 Å². The van der Waals surface area contributed by atoms with Crippen molar-refractivity contribution in [3.05, 3.63) is 83.5 Å². The number of aliphatic carboxylic acids is 1. The lowest BCUT2D eigenvalue weighted by Gasteiger charge is -2.24. The Balaban J connectivity index is 1.53. The Labute approximate surface area is 228 Å². The highest BCUT2D eigenvalue weighted by Gasteiger charge is 2.18. The smallest absolute Gasteiger partial charge is 0.330 e. The molecule has 0 saturated carbocycles. The summed E-state index contributed by atoms with van der Waals surface area (Å²) >= 11 is 5.98. The fourth-order valence-corrected chi connectivity index (χ4v) is 3.69. The average Bonchev–Trinajstić information content (AvgIpc) is 3.39. The lowest BCUT2D eigenvalue weighted by atomic mass is 10.2. The number of fused-ring (bicyclic) bond motifs is 1. The summed E-state index contributed by atoms with van der Waals surface area (Å²) in [6, 6.07) is 18.9. The van der Waals surface area contributed by atoms with E-state index in [2.05, 4.69) is 20.5 Å². The van der Waals surface area contributed by atoms with Crippen LogP contribution in [0.1, 0.15) is 12.0 Å². The Morgan fingerprint density at radius 2 is 1.82 bits per heavy atom. The van der Waals surface area contributed by atoms with E-state index in [1.807, 2.05) is 30.3 Å². The third-order valence-corrected chi connectivity index (χ3v) is 5.84. The number of benzene rings is 3. The van der Waals surface area contributed by atoms with Gasteiger partial charge in [-0.05, 0) is 54.1 Å². The van der Waals surface area contributed by atoms with E-state index >= 15 is 0 Å². The molecule has 0 fully saturated rings. The van der Waals surface area contributed by atoms with Crippen molar-refractivity contribution in [3.8, 4) is 11.5 Å². The Bertz CT molecular complexity index is 1490. The Morgan fingerprint density at radius 3 is 2.51 bits per heavy atom. The molecule has 200 valence electrons. The summed E-state index contributed by atoms with van der Waals surface area (Å²) in [5.41, 5.74) is 2.26. The van der Waals surface area contributed by atoms with Gasteiger partial charge in [0.25, 0.3) is 0 Å². The van der Waals surface area contributed by atoms with Crippen LogP contribution in [0.4, 0.5) is 10.5 Å². The number of urea groups is 1. The fraction of sp³-hybridized carbons (Fsp3) is 0.148. The van der Waals surface area contributed by atoms with Crippen LogP contribution in [0.25, 0.3) is 10.9 Å². The van der Waals surface area contributed by atoms with E-state index in [9.17, 15) is 14.4 Å². The number of amides is 3. The predicted octanol–water partition coefficient (Wildman–Crippen LogP) is 4.77. The minimum absolute atomic E-state index is 0.149. The number of H-pyrrole nitrogens is 1. The molecule has 1 aromatic heterocycles. The molecule has 1 heterocycles. The fourth-order valence-electron chi connectivity index (χ4n) is 3.56. The molecule has 0 spiro atoms. The number of hydrogen-bond donors (Lipinski definition) is 3. The van der Waals surface area contributed by atoms with Gasteiger partial charge in [0.1, 0.15) is 11.5 Å². The summed E-state index contributed by atoms with van der Waals surface area (Å²) in [4.78, 5) is 42.1. The van der Waals surface area contributed by atoms with Crippen LogP contribution >= 0.6 is 11.6 Å². The van der Waals surface area contributed by atoms with Crippen molar-refractivity contribution in [1.82, 2.24) is 25.3 Å². The number of aliphatic imine (C=N–C) groups is 1. The van der Waals surface area contributed by atoms with E-state index in [-0.39, 0.29) is 25.3 Å². The standard InChI is InChI=1S/C27H25ClN6O5/c1-33(16-18-2-5-20(28)6-3-18)26(31-27(38)34(17-35)13-12-25(36)37)30-21-7-10-22(11-8-21)39-23-9-4-19-15-29-32-24(19)14-23/h2-11,14-15,17H,12-13,16H2,1H3,(H,29,32)(H,36,37)(H,30,31,38). The summed E-state index contributed by atoms with van der Waals surface area (Å²) < 4.78 is 5.93. The monoisotopic (exact) mass is 548 g/mol. The van der Waals surface area contributed by atoms with E-state index in [1.165, 1.54) is 0 Å². The molecule has 11 nitrogen and oxygen atoms in total. The molecule has 0 radical (unpaired) electrons. The molecule has 4 rings (SSSR count). The van der Waals surface area contributed by atoms with Gasteiger partial charge in [0.15, 0.2) is 0 Å². The van der Waals surface area contributed by atoms with Gasteiger partial charge < -0.3 is 14.7 Å². The van der Waals surface area contributed by atoms with Crippen LogP contribution in [0.5, 0.6) is 11.5 Å². The van der Waals surface area contributed by atoms with Crippen LogP contribution in [-0.4, -0.2) is 63.1 Å². The highest BCUT2D eigenvalue weighted by molar-refractivity contribution is 6.30. The number of hydrogen-bond acceptors (Lipinski definition) is 6. The van der Waals surface area contributed by atoms with Gasteiger partial charge in [0.2, 0.25) is 12.4 Å². The summed E-state index contributed by atoms with van der Waals surface area (Å²) in [7, 11) is 1.72. The molecule has 0 unspecified atom stereocenters. The maximum absolute atomic E-state index is 12.8. The number of aromatic nitrogens is 2. The quantitative estimate of drug-likeness (QED) is 0.155. The van der Waals surface area contributed by atoms with Gasteiger partial charge in [-0.15, -0.1) is 0 Å². The van der Waals surface area contributed by atoms with Crippen molar-refractivity contribution in [2.75, 3.05) is 13.6 Å². The molecule has 0 bridgehead atoms. The van der Waals surface area contributed by atoms with Gasteiger partial charge in [-0.3, -0.25) is 24.9 Å². The molecule has 0 saturated heterocycles. The van der Waals surface area contributed by atoms with Gasteiger partial charge in [0, 0.05) is 36.6 Å². The number of aromatic amines is 1. The lowest BCUT2D eigenvalue weighted by molar-refractivity contribution is -0.137. The molecule has 0 atom stereocenters. The highest BCUT2D eigenvalue weighted by atomic mass is 35.5. The molecular weight excluding hydrogens is 524 g/mol. The first-order valence-electron chi connectivity index (χ1n) is 11.8. The maximum atomic E-state index is 12.8. The van der Waals surface area contributed by atoms with E-state index in [0.29, 0.717) is 28.8 Å². The zero-order chi connectivity index (χ0) is 27.8. The molecule has 4 aromatic rings. The van der Waals surface area contributed by atoms with Crippen molar-refractivity contribution in [3.63, 3.8) is 0 Å². The molecule has 0 aliphatic heterocycles. The number of carbonyl (C=O) groups excluding carboxylic acids is 2. The van der Waals surface area contributed by atoms with Gasteiger partial charge >= 0.3 is 12.0 Å². The van der Waals surface area contributed by atoms with Crippen molar-refractivity contribution in [1.29, 1.82) is 0 Å². The molecule has 39 heavy (non-hydrogen) atoms. The molecule has 12 heteroatoms. The van der Waals surface area contributed by atoms with E-state index in [1.54, 1.807) is 54.5 Å². The van der Waals surface area contributed by atoms with Crippen LogP contribution in [0.2, 0.25) is 5.02 Å². The second kappa shape index (κ2) is 12.6. The molecule has 0 aliphatic rings. The first-order chi connectivity index (χ1) is 18.8. The Kier molecular flexibility index (Phi) is 8.75. The number of ether oxygens (including phenoxy) is 1. The number of carboxylic acid groups (broad SMARTS) is 1. The highest BCUT2D eigenvalue weighted by Crippen LogP contribution is 2.26. The Hall–Kier alpha value is -4.90. The van der Waals surface area contributed by atoms with E-state index in [4.69, 9.17) is 21.4 Å². The second-order valence-corrected chi connectivity index (χ2v) is 8.94. The summed E-state index contributed by atoms with van der Waals surface area (Å²) in [6.07, 6.45) is 1.63. The van der Waals surface area contributed by atoms with Crippen LogP contribution in [0, 0.1) is 0 Å². The van der Waals surface area contributed by atoms with Crippen LogP contribution < -0.4 is 10.1 Å². The van der Waals surface area contributed by atoms with Crippen molar-refractivity contribution in [2.45, 2.75) is 13.0 Å². The van der Waals surface area contributed by atoms with Gasteiger partial charge in [-0.25, -0.2) is 9.79 Å². The average molecular weight is 549 g/mol. The first-order valence-corrected chi connectivity index (χ1v) is 12.2. The zero-order valence-electron chi connectivity index (χ0n) is 20.9. The second-order valence-electron chi connectivity index (χ2n) is 8.51. The first kappa shape index (κ1) is 27.1. The Morgan fingerprint density at radius 1 is 1.10 bits per heavy atom. The number of nitrogens with zero attached hydrogens (tertiary/aromatic N) is 4. The van der Waals surface area contributed by atoms with Crippen LogP contribution in [0.3, 0.4) is 0 Å². The minimum atomic E-state index is -1.13. The van der Waals surface area contributed by atoms with Crippen LogP contribution in [0.15, 0.2) is 77.9 Å². The number of rotatable bonds is 9. The largest absolute Gasteiger partial charge is 0.481 e. The number of guanidine groups is 1. The van der Waals surface area contributed by atoms with E-state index < -0.39 is 12.0 Å². The number of carbonyl (C=O) groups is 3. The number of carboxylic acids is 1. The molecule has 3 amide bonds. The summed E-state index contributed by atoms with van der Waals surface area (Å²) in [5.74, 6) is 0.230. The molecule has 0 aliphatic carbocycles. The van der Waals surface area contributed by atoms with E-state index in [0.717, 1.165) is 21.4 Å². The third-order valence-electron chi connectivity index (χ3n) is 5.59. The normalized spacial score (nSPS) is 11.2. The lowest BCUT2D eigenvalue weighted by Crippen LogP contribution is -2.48. The van der Waals surface area contributed by atoms with Crippen molar-refractivity contribution < 1.29 is 24.2 Å². The minimum Gasteiger partial charge on any atom is -0.481 e. The predicted molar refractivity (Wildman–Crippen MR) is 146 cm³/mol. The molecule has 3 N–H and O–H groups in total. The number of halogens is 1. The van der Waals surface area contributed by atoms with Crippen LogP contribution in [-0.2, 0) is 16.1 Å². The van der Waals surface area contributed by atoms with Crippen molar-refractivity contribution >= 4 is 52.6 Å². The zero-order valence-corrected chi connectivity index (χ0v) is 21.6. The van der Waals surface area contributed by atoms with Gasteiger partial charge in [-0.2, -0.15) is 5.10 Å². The van der Waals surface area contributed by atoms with Gasteiger partial charge in [-0.1, -0.05) is 23.7 Å². The van der Waals surface area contributed by atoms with Gasteiger partial charge in [0.05, 0.1) is 23.8 Å². The number of nitrogens with one attached hydrogen (secondary N) is 2. The topological polar surface area (TPSA) is 140 Å². The third kappa shape index (κ3) is 7.55. The molecule has 3 aromatic carbocycles. The maximum Gasteiger partial charge on any atom is 0.330 e. The summed E-state index contributed by atoms with van der Waals surface area (Å²) in [5, 5.41) is 20.0. The SMILES string of the molecule is CN(Cc1ccc(Cl)cc1)C(=Nc1ccc(Oc2ccc3cn[nH]c3c2)cc1)NC(=O)N(C=O)CCC(=O)O. The molecular formula is C27H25ClN6O5. The summed E-state index contributed by atoms with van der Waals surface area (Å²) in [6.45, 7) is 0.0823. The number of imide groups is 1.